The molecule has 4 nitrogen and oxygen atoms in total. The van der Waals surface area contributed by atoms with Gasteiger partial charge in [-0.3, -0.25) is 9.78 Å². The lowest BCUT2D eigenvalue weighted by Crippen LogP contribution is -2.22. The van der Waals surface area contributed by atoms with Crippen molar-refractivity contribution >= 4 is 5.97 Å². The highest BCUT2D eigenvalue weighted by Crippen LogP contribution is 2.28. The van der Waals surface area contributed by atoms with E-state index in [1.807, 2.05) is 19.2 Å². The van der Waals surface area contributed by atoms with Crippen molar-refractivity contribution in [2.45, 2.75) is 38.6 Å². The van der Waals surface area contributed by atoms with E-state index in [2.05, 4.69) is 16.4 Å². The summed E-state index contributed by atoms with van der Waals surface area (Å²) in [7, 11) is 0. The number of ether oxygens (including phenoxy) is 1. The van der Waals surface area contributed by atoms with Gasteiger partial charge in [0.15, 0.2) is 0 Å². The van der Waals surface area contributed by atoms with Gasteiger partial charge in [-0.2, -0.15) is 0 Å². The Balaban J connectivity index is 1.71. The number of nitrogens with zero attached hydrogens (tertiary/aromatic N) is 1. The van der Waals surface area contributed by atoms with Crippen molar-refractivity contribution < 1.29 is 9.53 Å². The molecule has 0 fully saturated rings. The molecule has 4 heteroatoms. The Labute approximate surface area is 108 Å². The molecular weight excluding hydrogens is 228 g/mol. The summed E-state index contributed by atoms with van der Waals surface area (Å²) in [4.78, 5) is 15.6. The summed E-state index contributed by atoms with van der Waals surface area (Å²) in [5.41, 5.74) is 2.52. The van der Waals surface area contributed by atoms with Gasteiger partial charge in [-0.05, 0) is 44.4 Å². The van der Waals surface area contributed by atoms with Crippen molar-refractivity contribution in [2.24, 2.45) is 0 Å². The van der Waals surface area contributed by atoms with Crippen molar-refractivity contribution in [1.82, 2.24) is 10.3 Å². The van der Waals surface area contributed by atoms with Gasteiger partial charge in [0, 0.05) is 12.6 Å². The molecule has 1 unspecified atom stereocenters. The van der Waals surface area contributed by atoms with Gasteiger partial charge in [0.1, 0.15) is 0 Å². The first-order valence-electron chi connectivity index (χ1n) is 6.64. The minimum Gasteiger partial charge on any atom is -0.466 e. The average Bonchev–Trinajstić information content (AvgIpc) is 2.78. The summed E-state index contributed by atoms with van der Waals surface area (Å²) < 4.78 is 4.89. The van der Waals surface area contributed by atoms with Gasteiger partial charge in [-0.1, -0.05) is 6.07 Å². The third-order valence-electron chi connectivity index (χ3n) is 3.21. The van der Waals surface area contributed by atoms with E-state index in [9.17, 15) is 4.79 Å². The second-order valence-corrected chi connectivity index (χ2v) is 4.50. The summed E-state index contributed by atoms with van der Waals surface area (Å²) in [6, 6.07) is 4.48. The monoisotopic (exact) mass is 248 g/mol. The molecule has 0 amide bonds. The first kappa shape index (κ1) is 13.0. The standard InChI is InChI=1S/C14H20N2O2/c1-2-18-13(17)6-4-9-15-12-8-7-11-5-3-10-16-14(11)12/h3,5,10,12,15H,2,4,6-9H2,1H3. The van der Waals surface area contributed by atoms with Gasteiger partial charge >= 0.3 is 5.97 Å². The zero-order valence-corrected chi connectivity index (χ0v) is 10.8. The Hall–Kier alpha value is -1.42. The number of fused-ring (bicyclic) bond motifs is 1. The molecule has 2 rings (SSSR count). The van der Waals surface area contributed by atoms with E-state index in [1.54, 1.807) is 0 Å². The summed E-state index contributed by atoms with van der Waals surface area (Å²) >= 11 is 0. The number of aryl methyl sites for hydroxylation is 1. The van der Waals surface area contributed by atoms with Crippen molar-refractivity contribution in [3.63, 3.8) is 0 Å². The fourth-order valence-electron chi connectivity index (χ4n) is 2.35. The van der Waals surface area contributed by atoms with Gasteiger partial charge in [-0.25, -0.2) is 0 Å². The van der Waals surface area contributed by atoms with Crippen LogP contribution in [0.5, 0.6) is 0 Å². The molecule has 18 heavy (non-hydrogen) atoms. The molecule has 1 heterocycles. The zero-order valence-electron chi connectivity index (χ0n) is 10.8. The predicted octanol–water partition coefficient (Wildman–Crippen LogP) is 2.00. The smallest absolute Gasteiger partial charge is 0.305 e. The van der Waals surface area contributed by atoms with E-state index in [0.29, 0.717) is 19.1 Å². The molecular formula is C14H20N2O2. The Morgan fingerprint density at radius 2 is 2.50 bits per heavy atom. The molecule has 0 aliphatic heterocycles. The van der Waals surface area contributed by atoms with Gasteiger partial charge in [0.05, 0.1) is 18.3 Å². The molecule has 98 valence electrons. The first-order chi connectivity index (χ1) is 8.81. The fourth-order valence-corrected chi connectivity index (χ4v) is 2.35. The van der Waals surface area contributed by atoms with Gasteiger partial charge in [0.2, 0.25) is 0 Å². The SMILES string of the molecule is CCOC(=O)CCCNC1CCc2cccnc21. The van der Waals surface area contributed by atoms with Crippen LogP contribution in [0.25, 0.3) is 0 Å². The number of esters is 1. The lowest BCUT2D eigenvalue weighted by molar-refractivity contribution is -0.143. The van der Waals surface area contributed by atoms with Gasteiger partial charge in [0.25, 0.3) is 0 Å². The highest BCUT2D eigenvalue weighted by atomic mass is 16.5. The lowest BCUT2D eigenvalue weighted by Gasteiger charge is -2.12. The Bertz CT molecular complexity index is 407. The molecule has 0 aromatic carbocycles. The van der Waals surface area contributed by atoms with E-state index < -0.39 is 0 Å². The summed E-state index contributed by atoms with van der Waals surface area (Å²) in [6.07, 6.45) is 5.35. The Morgan fingerprint density at radius 1 is 1.61 bits per heavy atom. The lowest BCUT2D eigenvalue weighted by atomic mass is 10.2. The van der Waals surface area contributed by atoms with Crippen LogP contribution in [0.1, 0.15) is 43.5 Å². The average molecular weight is 248 g/mol. The second kappa shape index (κ2) is 6.50. The number of hydrogen-bond acceptors (Lipinski definition) is 4. The molecule has 1 aliphatic rings. The molecule has 1 N–H and O–H groups in total. The highest BCUT2D eigenvalue weighted by molar-refractivity contribution is 5.69. The predicted molar refractivity (Wildman–Crippen MR) is 69.2 cm³/mol. The number of nitrogens with one attached hydrogen (secondary N) is 1. The summed E-state index contributed by atoms with van der Waals surface area (Å²) in [5, 5.41) is 3.46. The second-order valence-electron chi connectivity index (χ2n) is 4.50. The van der Waals surface area contributed by atoms with E-state index in [0.717, 1.165) is 25.8 Å². The molecule has 0 spiro atoms. The van der Waals surface area contributed by atoms with Crippen LogP contribution in [0.4, 0.5) is 0 Å². The maximum absolute atomic E-state index is 11.2. The van der Waals surface area contributed by atoms with Crippen molar-refractivity contribution in [3.05, 3.63) is 29.6 Å². The minimum absolute atomic E-state index is 0.107. The molecule has 1 aromatic rings. The third kappa shape index (κ3) is 3.29. The van der Waals surface area contributed by atoms with Crippen molar-refractivity contribution in [2.75, 3.05) is 13.2 Å². The van der Waals surface area contributed by atoms with Crippen LogP contribution in [-0.4, -0.2) is 24.1 Å². The number of aromatic nitrogens is 1. The minimum atomic E-state index is -0.107. The number of hydrogen-bond donors (Lipinski definition) is 1. The normalized spacial score (nSPS) is 17.5. The van der Waals surface area contributed by atoms with E-state index in [1.165, 1.54) is 11.3 Å². The van der Waals surface area contributed by atoms with Crippen LogP contribution >= 0.6 is 0 Å². The quantitative estimate of drug-likeness (QED) is 0.618. The van der Waals surface area contributed by atoms with Crippen LogP contribution in [0.3, 0.4) is 0 Å². The molecule has 1 aromatic heterocycles. The van der Waals surface area contributed by atoms with Gasteiger partial charge in [-0.15, -0.1) is 0 Å². The van der Waals surface area contributed by atoms with Gasteiger partial charge < -0.3 is 10.1 Å². The van der Waals surface area contributed by atoms with E-state index >= 15 is 0 Å². The maximum atomic E-state index is 11.2. The molecule has 1 atom stereocenters. The van der Waals surface area contributed by atoms with Crippen LogP contribution in [0.15, 0.2) is 18.3 Å². The topological polar surface area (TPSA) is 51.2 Å². The van der Waals surface area contributed by atoms with Crippen LogP contribution < -0.4 is 5.32 Å². The molecule has 1 aliphatic carbocycles. The number of carbonyl (C=O) groups is 1. The molecule has 0 saturated heterocycles. The zero-order chi connectivity index (χ0) is 12.8. The van der Waals surface area contributed by atoms with Crippen molar-refractivity contribution in [3.8, 4) is 0 Å². The Kier molecular flexibility index (Phi) is 4.70. The number of carbonyl (C=O) groups excluding carboxylic acids is 1. The van der Waals surface area contributed by atoms with E-state index in [-0.39, 0.29) is 5.97 Å². The highest BCUT2D eigenvalue weighted by Gasteiger charge is 2.22. The molecule has 0 bridgehead atoms. The van der Waals surface area contributed by atoms with Crippen molar-refractivity contribution in [1.29, 1.82) is 0 Å². The van der Waals surface area contributed by atoms with E-state index in [4.69, 9.17) is 4.74 Å². The van der Waals surface area contributed by atoms with Crippen LogP contribution in [0, 0.1) is 0 Å². The first-order valence-corrected chi connectivity index (χ1v) is 6.64. The Morgan fingerprint density at radius 3 is 3.33 bits per heavy atom. The third-order valence-corrected chi connectivity index (χ3v) is 3.21. The van der Waals surface area contributed by atoms with Crippen LogP contribution in [0.2, 0.25) is 0 Å². The summed E-state index contributed by atoms with van der Waals surface area (Å²) in [6.45, 7) is 3.13. The largest absolute Gasteiger partial charge is 0.466 e. The fraction of sp³-hybridized carbons (Fsp3) is 0.571. The van der Waals surface area contributed by atoms with Crippen LogP contribution in [-0.2, 0) is 16.0 Å². The number of rotatable bonds is 6. The summed E-state index contributed by atoms with van der Waals surface area (Å²) in [5.74, 6) is -0.107. The number of pyridine rings is 1. The molecule has 0 radical (unpaired) electrons. The molecule has 0 saturated carbocycles. The maximum Gasteiger partial charge on any atom is 0.305 e.